The van der Waals surface area contributed by atoms with Crippen molar-refractivity contribution in [2.24, 2.45) is 0 Å². The molecule has 4 nitrogen and oxygen atoms in total. The Bertz CT molecular complexity index is 338. The van der Waals surface area contributed by atoms with E-state index in [2.05, 4.69) is 27.3 Å². The zero-order chi connectivity index (χ0) is 12.1. The predicted octanol–water partition coefficient (Wildman–Crippen LogP) is 2.16. The molecule has 17 heavy (non-hydrogen) atoms. The van der Waals surface area contributed by atoms with Gasteiger partial charge in [-0.2, -0.15) is 0 Å². The van der Waals surface area contributed by atoms with Crippen LogP contribution in [0.3, 0.4) is 0 Å². The molecule has 0 saturated carbocycles. The molecule has 0 radical (unpaired) electrons. The molecule has 0 bridgehead atoms. The number of halogens is 1. The van der Waals surface area contributed by atoms with Gasteiger partial charge in [0.15, 0.2) is 0 Å². The van der Waals surface area contributed by atoms with E-state index >= 15 is 0 Å². The van der Waals surface area contributed by atoms with Crippen LogP contribution in [0.1, 0.15) is 31.2 Å². The summed E-state index contributed by atoms with van der Waals surface area (Å²) >= 11 is 7.27. The van der Waals surface area contributed by atoms with Crippen molar-refractivity contribution < 1.29 is 0 Å². The molecular weight excluding hydrogens is 256 g/mol. The van der Waals surface area contributed by atoms with E-state index in [1.165, 1.54) is 30.6 Å². The third kappa shape index (κ3) is 4.17. The number of rotatable bonds is 5. The SMILES string of the molecule is CCN(Cc1nnc(Cl)s1)CC1CCCCN1. The molecule has 96 valence electrons. The normalized spacial score (nSPS) is 21.0. The summed E-state index contributed by atoms with van der Waals surface area (Å²) in [5.41, 5.74) is 0. The summed E-state index contributed by atoms with van der Waals surface area (Å²) in [6.45, 7) is 6.33. The fourth-order valence-electron chi connectivity index (χ4n) is 2.19. The number of likely N-dealkylation sites (N-methyl/N-ethyl adjacent to an activating group) is 1. The van der Waals surface area contributed by atoms with Gasteiger partial charge in [0.05, 0.1) is 6.54 Å². The van der Waals surface area contributed by atoms with Crippen molar-refractivity contribution >= 4 is 22.9 Å². The summed E-state index contributed by atoms with van der Waals surface area (Å²) < 4.78 is 0.534. The second-order valence-electron chi connectivity index (χ2n) is 4.42. The molecule has 6 heteroatoms. The van der Waals surface area contributed by atoms with E-state index in [0.29, 0.717) is 10.5 Å². The maximum atomic E-state index is 5.79. The molecular formula is C11H19ClN4S. The summed E-state index contributed by atoms with van der Waals surface area (Å²) in [7, 11) is 0. The molecule has 1 aliphatic heterocycles. The summed E-state index contributed by atoms with van der Waals surface area (Å²) in [4.78, 5) is 2.40. The molecule has 0 aromatic carbocycles. The van der Waals surface area contributed by atoms with Gasteiger partial charge in [0.1, 0.15) is 5.01 Å². The molecule has 2 rings (SSSR count). The molecule has 1 aromatic rings. The molecule has 1 aliphatic rings. The molecule has 1 saturated heterocycles. The maximum absolute atomic E-state index is 5.79. The first-order valence-electron chi connectivity index (χ1n) is 6.21. The summed E-state index contributed by atoms with van der Waals surface area (Å²) in [6, 6.07) is 0.632. The van der Waals surface area contributed by atoms with E-state index in [1.54, 1.807) is 0 Å². The van der Waals surface area contributed by atoms with Gasteiger partial charge in [0.25, 0.3) is 0 Å². The molecule has 0 aliphatic carbocycles. The van der Waals surface area contributed by atoms with Crippen LogP contribution in [0.25, 0.3) is 0 Å². The van der Waals surface area contributed by atoms with Gasteiger partial charge in [-0.1, -0.05) is 24.7 Å². The zero-order valence-corrected chi connectivity index (χ0v) is 11.7. The Kier molecular flexibility index (Phi) is 5.16. The number of nitrogens with one attached hydrogen (secondary N) is 1. The fraction of sp³-hybridized carbons (Fsp3) is 0.818. The van der Waals surface area contributed by atoms with Crippen LogP contribution < -0.4 is 5.32 Å². The smallest absolute Gasteiger partial charge is 0.207 e. The molecule has 1 fully saturated rings. The fourth-order valence-corrected chi connectivity index (χ4v) is 3.10. The van der Waals surface area contributed by atoms with E-state index in [-0.39, 0.29) is 0 Å². The maximum Gasteiger partial charge on any atom is 0.207 e. The van der Waals surface area contributed by atoms with Gasteiger partial charge in [-0.05, 0) is 37.5 Å². The standard InChI is InChI=1S/C11H19ClN4S/c1-2-16(7-9-5-3-4-6-13-9)8-10-14-15-11(12)17-10/h9,13H,2-8H2,1H3. The molecule has 0 spiro atoms. The Hall–Kier alpha value is -0.230. The van der Waals surface area contributed by atoms with E-state index in [9.17, 15) is 0 Å². The van der Waals surface area contributed by atoms with Gasteiger partial charge in [-0.15, -0.1) is 10.2 Å². The van der Waals surface area contributed by atoms with Crippen LogP contribution in [0.2, 0.25) is 4.47 Å². The van der Waals surface area contributed by atoms with Crippen molar-refractivity contribution in [3.63, 3.8) is 0 Å². The van der Waals surface area contributed by atoms with Crippen molar-refractivity contribution in [1.82, 2.24) is 20.4 Å². The highest BCUT2D eigenvalue weighted by molar-refractivity contribution is 7.15. The van der Waals surface area contributed by atoms with Crippen molar-refractivity contribution in [3.05, 3.63) is 9.47 Å². The van der Waals surface area contributed by atoms with Crippen LogP contribution in [0.15, 0.2) is 0 Å². The lowest BCUT2D eigenvalue weighted by atomic mass is 10.0. The molecule has 1 atom stereocenters. The van der Waals surface area contributed by atoms with Gasteiger partial charge < -0.3 is 5.32 Å². The first-order chi connectivity index (χ1) is 8.28. The minimum atomic E-state index is 0.534. The average molecular weight is 275 g/mol. The van der Waals surface area contributed by atoms with Crippen LogP contribution in [0.5, 0.6) is 0 Å². The van der Waals surface area contributed by atoms with E-state index in [0.717, 1.165) is 31.2 Å². The number of aromatic nitrogens is 2. The van der Waals surface area contributed by atoms with Gasteiger partial charge in [0, 0.05) is 12.6 Å². The highest BCUT2D eigenvalue weighted by Crippen LogP contribution is 2.17. The Morgan fingerprint density at radius 1 is 1.47 bits per heavy atom. The summed E-state index contributed by atoms with van der Waals surface area (Å²) in [6.07, 6.45) is 3.95. The van der Waals surface area contributed by atoms with Gasteiger partial charge >= 0.3 is 0 Å². The second kappa shape index (κ2) is 6.64. The van der Waals surface area contributed by atoms with Crippen molar-refractivity contribution in [3.8, 4) is 0 Å². The first-order valence-corrected chi connectivity index (χ1v) is 7.41. The molecule has 1 aromatic heterocycles. The number of hydrogen-bond acceptors (Lipinski definition) is 5. The van der Waals surface area contributed by atoms with Crippen LogP contribution in [0, 0.1) is 0 Å². The molecule has 2 heterocycles. The van der Waals surface area contributed by atoms with Gasteiger partial charge in [-0.25, -0.2) is 0 Å². The van der Waals surface area contributed by atoms with Crippen LogP contribution in [0.4, 0.5) is 0 Å². The Labute approximate surface area is 111 Å². The van der Waals surface area contributed by atoms with E-state index in [1.807, 2.05) is 0 Å². The van der Waals surface area contributed by atoms with E-state index in [4.69, 9.17) is 11.6 Å². The molecule has 1 N–H and O–H groups in total. The average Bonchev–Trinajstić information content (AvgIpc) is 2.75. The first kappa shape index (κ1) is 13.2. The van der Waals surface area contributed by atoms with Crippen LogP contribution in [-0.4, -0.2) is 40.8 Å². The lowest BCUT2D eigenvalue weighted by molar-refractivity contribution is 0.226. The number of nitrogens with zero attached hydrogens (tertiary/aromatic N) is 3. The van der Waals surface area contributed by atoms with Crippen molar-refractivity contribution in [1.29, 1.82) is 0 Å². The lowest BCUT2D eigenvalue weighted by Gasteiger charge is -2.29. The molecule has 1 unspecified atom stereocenters. The minimum absolute atomic E-state index is 0.534. The quantitative estimate of drug-likeness (QED) is 0.893. The Morgan fingerprint density at radius 3 is 2.94 bits per heavy atom. The number of hydrogen-bond donors (Lipinski definition) is 1. The highest BCUT2D eigenvalue weighted by Gasteiger charge is 2.16. The lowest BCUT2D eigenvalue weighted by Crippen LogP contribution is -2.43. The van der Waals surface area contributed by atoms with Crippen LogP contribution >= 0.6 is 22.9 Å². The summed E-state index contributed by atoms with van der Waals surface area (Å²) in [5, 5.41) is 12.5. The van der Waals surface area contributed by atoms with E-state index < -0.39 is 0 Å². The highest BCUT2D eigenvalue weighted by atomic mass is 35.5. The van der Waals surface area contributed by atoms with Gasteiger partial charge in [-0.3, -0.25) is 4.90 Å². The predicted molar refractivity (Wildman–Crippen MR) is 71.5 cm³/mol. The zero-order valence-electron chi connectivity index (χ0n) is 10.2. The van der Waals surface area contributed by atoms with Crippen molar-refractivity contribution in [2.75, 3.05) is 19.6 Å². The summed E-state index contributed by atoms with van der Waals surface area (Å²) in [5.74, 6) is 0. The van der Waals surface area contributed by atoms with Gasteiger partial charge in [0.2, 0.25) is 4.47 Å². The third-order valence-electron chi connectivity index (χ3n) is 3.14. The third-order valence-corrected chi connectivity index (χ3v) is 4.14. The second-order valence-corrected chi connectivity index (χ2v) is 6.07. The van der Waals surface area contributed by atoms with Crippen molar-refractivity contribution in [2.45, 2.75) is 38.8 Å². The minimum Gasteiger partial charge on any atom is -0.313 e. The largest absolute Gasteiger partial charge is 0.313 e. The molecule has 0 amide bonds. The number of piperidine rings is 1. The monoisotopic (exact) mass is 274 g/mol. The Morgan fingerprint density at radius 2 is 2.35 bits per heavy atom. The Balaban J connectivity index is 1.83. The topological polar surface area (TPSA) is 41.1 Å². The van der Waals surface area contributed by atoms with Crippen LogP contribution in [-0.2, 0) is 6.54 Å².